The van der Waals surface area contributed by atoms with Crippen LogP contribution in [0.25, 0.3) is 0 Å². The van der Waals surface area contributed by atoms with Crippen LogP contribution in [0.1, 0.15) is 60.8 Å². The van der Waals surface area contributed by atoms with E-state index in [1.165, 1.54) is 5.56 Å². The molecular formula is C21H26N4O. The number of rotatable bonds is 3. The summed E-state index contributed by atoms with van der Waals surface area (Å²) in [6.07, 6.45) is 6.45. The van der Waals surface area contributed by atoms with E-state index >= 15 is 0 Å². The molecule has 1 aliphatic carbocycles. The Balaban J connectivity index is 1.71. The Bertz CT molecular complexity index is 807. The number of aliphatic hydroxyl groups excluding tert-OH is 1. The number of aryl methyl sites for hydroxylation is 2. The summed E-state index contributed by atoms with van der Waals surface area (Å²) in [5, 5.41) is 17.0. The molecule has 1 N–H and O–H groups in total. The molecule has 2 aromatic rings. The van der Waals surface area contributed by atoms with Crippen molar-refractivity contribution in [3.63, 3.8) is 0 Å². The summed E-state index contributed by atoms with van der Waals surface area (Å²) in [4.78, 5) is 9.11. The molecule has 0 bridgehead atoms. The van der Waals surface area contributed by atoms with Gasteiger partial charge in [0.05, 0.1) is 18.3 Å². The molecule has 2 heterocycles. The minimum atomic E-state index is -0.155. The first-order valence-electron chi connectivity index (χ1n) is 9.59. The van der Waals surface area contributed by atoms with Gasteiger partial charge in [0, 0.05) is 23.4 Å². The molecule has 4 rings (SSSR count). The second kappa shape index (κ2) is 7.16. The maximum atomic E-state index is 9.82. The molecule has 0 spiro atoms. The maximum Gasteiger partial charge on any atom is 0.125 e. The first-order chi connectivity index (χ1) is 12.6. The normalized spacial score (nSPS) is 22.7. The Morgan fingerprint density at radius 1 is 1.12 bits per heavy atom. The van der Waals surface area contributed by atoms with Gasteiger partial charge in [0.25, 0.3) is 0 Å². The van der Waals surface area contributed by atoms with Crippen LogP contribution >= 0.6 is 0 Å². The van der Waals surface area contributed by atoms with Crippen molar-refractivity contribution in [1.29, 1.82) is 0 Å². The van der Waals surface area contributed by atoms with Crippen molar-refractivity contribution in [2.75, 3.05) is 0 Å². The summed E-state index contributed by atoms with van der Waals surface area (Å²) in [6, 6.07) is 9.00. The van der Waals surface area contributed by atoms with Crippen molar-refractivity contribution in [1.82, 2.24) is 15.0 Å². The van der Waals surface area contributed by atoms with Crippen LogP contribution in [0.4, 0.5) is 0 Å². The number of hydrogen-bond donors (Lipinski definition) is 1. The van der Waals surface area contributed by atoms with E-state index in [-0.39, 0.29) is 6.10 Å². The molecule has 0 unspecified atom stereocenters. The van der Waals surface area contributed by atoms with Crippen LogP contribution in [0.2, 0.25) is 0 Å². The van der Waals surface area contributed by atoms with E-state index < -0.39 is 0 Å². The highest BCUT2D eigenvalue weighted by atomic mass is 16.3. The number of aliphatic hydroxyl groups is 1. The van der Waals surface area contributed by atoms with Gasteiger partial charge in [0.1, 0.15) is 11.5 Å². The van der Waals surface area contributed by atoms with Crippen molar-refractivity contribution in [2.24, 2.45) is 5.10 Å². The highest BCUT2D eigenvalue weighted by Crippen LogP contribution is 2.29. The second-order valence-corrected chi connectivity index (χ2v) is 7.34. The topological polar surface area (TPSA) is 61.6 Å². The Hall–Kier alpha value is -2.27. The van der Waals surface area contributed by atoms with Gasteiger partial charge in [-0.1, -0.05) is 31.2 Å². The molecule has 5 heteroatoms. The summed E-state index contributed by atoms with van der Waals surface area (Å²) in [6.45, 7) is 4.82. The van der Waals surface area contributed by atoms with Gasteiger partial charge in [-0.25, -0.2) is 9.97 Å². The fourth-order valence-corrected chi connectivity index (χ4v) is 3.88. The average Bonchev–Trinajstić information content (AvgIpc) is 2.67. The molecule has 1 aromatic heterocycles. The molecular weight excluding hydrogens is 324 g/mol. The summed E-state index contributed by atoms with van der Waals surface area (Å²) >= 11 is 0. The largest absolute Gasteiger partial charge is 0.393 e. The van der Waals surface area contributed by atoms with Crippen LogP contribution in [0.5, 0.6) is 0 Å². The molecule has 2 aliphatic rings. The van der Waals surface area contributed by atoms with E-state index in [1.807, 2.05) is 13.1 Å². The third-order valence-corrected chi connectivity index (χ3v) is 5.51. The zero-order chi connectivity index (χ0) is 18.1. The Morgan fingerprint density at radius 2 is 1.85 bits per heavy atom. The lowest BCUT2D eigenvalue weighted by Gasteiger charge is -2.36. The summed E-state index contributed by atoms with van der Waals surface area (Å²) in [5.74, 6) is 0.797. The van der Waals surface area contributed by atoms with Gasteiger partial charge in [-0.2, -0.15) is 5.10 Å². The van der Waals surface area contributed by atoms with E-state index in [4.69, 9.17) is 10.1 Å². The molecule has 136 valence electrons. The zero-order valence-corrected chi connectivity index (χ0v) is 15.5. The van der Waals surface area contributed by atoms with Crippen molar-refractivity contribution in [2.45, 2.75) is 64.6 Å². The molecule has 26 heavy (non-hydrogen) atoms. The summed E-state index contributed by atoms with van der Waals surface area (Å²) in [7, 11) is 0. The average molecular weight is 350 g/mol. The molecule has 0 radical (unpaired) electrons. The van der Waals surface area contributed by atoms with Crippen LogP contribution < -0.4 is 0 Å². The highest BCUT2D eigenvalue weighted by molar-refractivity contribution is 6.13. The molecule has 0 saturated heterocycles. The van der Waals surface area contributed by atoms with Gasteiger partial charge < -0.3 is 5.11 Å². The lowest BCUT2D eigenvalue weighted by atomic mass is 9.92. The van der Waals surface area contributed by atoms with E-state index in [0.717, 1.165) is 67.0 Å². The van der Waals surface area contributed by atoms with Crippen molar-refractivity contribution >= 4 is 5.71 Å². The molecule has 0 amide bonds. The quantitative estimate of drug-likeness (QED) is 0.923. The third-order valence-electron chi connectivity index (χ3n) is 5.51. The van der Waals surface area contributed by atoms with Gasteiger partial charge in [0.15, 0.2) is 0 Å². The van der Waals surface area contributed by atoms with Gasteiger partial charge in [-0.3, -0.25) is 5.01 Å². The highest BCUT2D eigenvalue weighted by Gasteiger charge is 2.29. The van der Waals surface area contributed by atoms with Gasteiger partial charge >= 0.3 is 0 Å². The lowest BCUT2D eigenvalue weighted by molar-refractivity contribution is 0.0703. The molecule has 0 atom stereocenters. The van der Waals surface area contributed by atoms with E-state index in [0.29, 0.717) is 6.04 Å². The van der Waals surface area contributed by atoms with Crippen molar-refractivity contribution in [3.05, 3.63) is 58.7 Å². The first kappa shape index (κ1) is 17.2. The standard InChI is InChI=1S/C21H26N4O/c1-3-15-4-6-16(7-5-15)21-19-12-22-14(2)23-20(19)13-25(24-21)17-8-10-18(26)11-9-17/h4-7,12,17-18,26H,3,8-11,13H2,1-2H3. The lowest BCUT2D eigenvalue weighted by Crippen LogP contribution is -2.39. The van der Waals surface area contributed by atoms with Crippen LogP contribution in [-0.2, 0) is 13.0 Å². The van der Waals surface area contributed by atoms with Crippen molar-refractivity contribution < 1.29 is 5.11 Å². The first-order valence-corrected chi connectivity index (χ1v) is 9.59. The van der Waals surface area contributed by atoms with E-state index in [9.17, 15) is 5.11 Å². The van der Waals surface area contributed by atoms with Crippen LogP contribution in [-0.4, -0.2) is 37.9 Å². The molecule has 1 fully saturated rings. The predicted molar refractivity (Wildman–Crippen MR) is 102 cm³/mol. The molecule has 5 nitrogen and oxygen atoms in total. The number of hydrogen-bond acceptors (Lipinski definition) is 5. The number of nitrogens with zero attached hydrogens (tertiary/aromatic N) is 4. The van der Waals surface area contributed by atoms with Crippen LogP contribution in [0.15, 0.2) is 35.6 Å². The third kappa shape index (κ3) is 3.36. The number of benzene rings is 1. The predicted octanol–water partition coefficient (Wildman–Crippen LogP) is 3.22. The van der Waals surface area contributed by atoms with Crippen molar-refractivity contribution in [3.8, 4) is 0 Å². The maximum absolute atomic E-state index is 9.82. The summed E-state index contributed by atoms with van der Waals surface area (Å²) in [5.41, 5.74) is 5.47. The minimum Gasteiger partial charge on any atom is -0.393 e. The molecule has 1 aromatic carbocycles. The number of hydrazone groups is 1. The van der Waals surface area contributed by atoms with Crippen LogP contribution in [0, 0.1) is 6.92 Å². The smallest absolute Gasteiger partial charge is 0.125 e. The monoisotopic (exact) mass is 350 g/mol. The second-order valence-electron chi connectivity index (χ2n) is 7.34. The van der Waals surface area contributed by atoms with Gasteiger partial charge in [-0.15, -0.1) is 0 Å². The Morgan fingerprint density at radius 3 is 2.54 bits per heavy atom. The fraction of sp³-hybridized carbons (Fsp3) is 0.476. The van der Waals surface area contributed by atoms with Gasteiger partial charge in [-0.05, 0) is 44.6 Å². The van der Waals surface area contributed by atoms with E-state index in [1.54, 1.807) is 0 Å². The molecule has 1 aliphatic heterocycles. The van der Waals surface area contributed by atoms with Crippen LogP contribution in [0.3, 0.4) is 0 Å². The van der Waals surface area contributed by atoms with Gasteiger partial charge in [0.2, 0.25) is 0 Å². The minimum absolute atomic E-state index is 0.155. The SMILES string of the molecule is CCc1ccc(C2=NN(C3CCC(O)CC3)Cc3nc(C)ncc32)cc1. The number of aromatic nitrogens is 2. The Labute approximate surface area is 154 Å². The Kier molecular flexibility index (Phi) is 4.72. The summed E-state index contributed by atoms with van der Waals surface area (Å²) < 4.78 is 0. The zero-order valence-electron chi connectivity index (χ0n) is 15.5. The number of fused-ring (bicyclic) bond motifs is 1. The fourth-order valence-electron chi connectivity index (χ4n) is 3.88. The van der Waals surface area contributed by atoms with E-state index in [2.05, 4.69) is 41.2 Å². The molecule has 1 saturated carbocycles.